The Morgan fingerprint density at radius 2 is 1.75 bits per heavy atom. The third-order valence-corrected chi connectivity index (χ3v) is 7.53. The molecule has 0 aliphatic heterocycles. The van der Waals surface area contributed by atoms with Gasteiger partial charge in [0.1, 0.15) is 5.78 Å². The van der Waals surface area contributed by atoms with Crippen LogP contribution in [-0.2, 0) is 4.79 Å². The Morgan fingerprint density at radius 3 is 2.35 bits per heavy atom. The van der Waals surface area contributed by atoms with Crippen molar-refractivity contribution in [3.05, 3.63) is 11.1 Å². The molecule has 3 rings (SSSR count). The zero-order valence-electron chi connectivity index (χ0n) is 14.0. The Morgan fingerprint density at radius 1 is 1.15 bits per heavy atom. The maximum atomic E-state index is 13.1. The molecule has 2 bridgehead atoms. The van der Waals surface area contributed by atoms with Crippen molar-refractivity contribution < 1.29 is 4.79 Å². The van der Waals surface area contributed by atoms with E-state index in [1.54, 1.807) is 5.57 Å². The van der Waals surface area contributed by atoms with Crippen LogP contribution in [0.2, 0.25) is 0 Å². The van der Waals surface area contributed by atoms with E-state index in [2.05, 4.69) is 41.5 Å². The van der Waals surface area contributed by atoms with Gasteiger partial charge in [0.2, 0.25) is 0 Å². The van der Waals surface area contributed by atoms with Crippen molar-refractivity contribution in [2.75, 3.05) is 0 Å². The number of rotatable bonds is 3. The van der Waals surface area contributed by atoms with Crippen molar-refractivity contribution in [3.63, 3.8) is 0 Å². The molecule has 1 heteroatoms. The Kier molecular flexibility index (Phi) is 3.02. The molecule has 0 aromatic rings. The Hall–Kier alpha value is -0.590. The van der Waals surface area contributed by atoms with Gasteiger partial charge in [0, 0.05) is 11.8 Å². The van der Waals surface area contributed by atoms with Crippen LogP contribution in [0.3, 0.4) is 0 Å². The molecule has 2 saturated carbocycles. The molecule has 0 N–H and O–H groups in total. The Labute approximate surface area is 124 Å². The quantitative estimate of drug-likeness (QED) is 0.661. The smallest absolute Gasteiger partial charge is 0.140 e. The van der Waals surface area contributed by atoms with Gasteiger partial charge in [-0.25, -0.2) is 0 Å². The van der Waals surface area contributed by atoms with Gasteiger partial charge in [-0.1, -0.05) is 51.7 Å². The summed E-state index contributed by atoms with van der Waals surface area (Å²) in [7, 11) is 0. The maximum Gasteiger partial charge on any atom is 0.140 e. The number of hydrogen-bond donors (Lipinski definition) is 0. The van der Waals surface area contributed by atoms with E-state index in [4.69, 9.17) is 0 Å². The molecule has 0 amide bonds. The molecule has 2 fully saturated rings. The molecule has 0 spiro atoms. The van der Waals surface area contributed by atoms with Gasteiger partial charge in [-0.3, -0.25) is 4.79 Å². The number of fused-ring (bicyclic) bond motifs is 5. The van der Waals surface area contributed by atoms with Crippen LogP contribution in [0.25, 0.3) is 0 Å². The molecule has 0 heterocycles. The highest BCUT2D eigenvalue weighted by molar-refractivity contribution is 5.89. The average Bonchev–Trinajstić information content (AvgIpc) is 2.86. The van der Waals surface area contributed by atoms with E-state index in [1.807, 2.05) is 0 Å². The van der Waals surface area contributed by atoms with Gasteiger partial charge >= 0.3 is 0 Å². The molecule has 112 valence electrons. The summed E-state index contributed by atoms with van der Waals surface area (Å²) in [6.07, 6.45) is 4.74. The third-order valence-electron chi connectivity index (χ3n) is 7.53. The molecule has 2 unspecified atom stereocenters. The number of ketones is 1. The van der Waals surface area contributed by atoms with Crippen LogP contribution < -0.4 is 0 Å². The number of allylic oxidation sites excluding steroid dienone is 2. The molecular formula is C19H30O. The standard InChI is InChI=1S/C19H30O/c1-7-8-9-14-11(2)15-16(17(14)20)19(6)10-18(15,5)12(3)13(19)4/h11,14-16H,7-10H2,1-6H3/t11-,14-,15+,16+,18?,19?/m0/s1. The number of Topliss-reactive ketones (excluding diaryl/α,β-unsaturated/α-hetero) is 1. The van der Waals surface area contributed by atoms with Crippen molar-refractivity contribution in [1.82, 2.24) is 0 Å². The molecule has 0 radical (unpaired) electrons. The second-order valence-electron chi connectivity index (χ2n) is 8.28. The molecule has 6 atom stereocenters. The zero-order valence-corrected chi connectivity index (χ0v) is 14.0. The van der Waals surface area contributed by atoms with Crippen molar-refractivity contribution in [2.24, 2.45) is 34.5 Å². The molecule has 0 aromatic heterocycles. The Balaban J connectivity index is 2.01. The molecule has 3 aliphatic carbocycles. The van der Waals surface area contributed by atoms with Crippen LogP contribution >= 0.6 is 0 Å². The topological polar surface area (TPSA) is 17.1 Å². The van der Waals surface area contributed by atoms with Crippen LogP contribution in [0.1, 0.15) is 67.2 Å². The highest BCUT2D eigenvalue weighted by Crippen LogP contribution is 2.74. The Bertz CT molecular complexity index is 488. The van der Waals surface area contributed by atoms with Crippen molar-refractivity contribution >= 4 is 5.78 Å². The molecule has 3 aliphatic rings. The first kappa shape index (κ1) is 14.4. The average molecular weight is 274 g/mol. The normalized spacial score (nSPS) is 50.2. The van der Waals surface area contributed by atoms with Crippen molar-refractivity contribution in [2.45, 2.75) is 67.2 Å². The van der Waals surface area contributed by atoms with Gasteiger partial charge in [0.05, 0.1) is 0 Å². The number of carbonyl (C=O) groups is 1. The summed E-state index contributed by atoms with van der Waals surface area (Å²) in [4.78, 5) is 13.1. The van der Waals surface area contributed by atoms with Crippen LogP contribution in [0, 0.1) is 34.5 Å². The summed E-state index contributed by atoms with van der Waals surface area (Å²) in [5.74, 6) is 2.43. The van der Waals surface area contributed by atoms with E-state index < -0.39 is 0 Å². The summed E-state index contributed by atoms with van der Waals surface area (Å²) in [6, 6.07) is 0. The fourth-order valence-electron chi connectivity index (χ4n) is 6.30. The van der Waals surface area contributed by atoms with E-state index in [-0.39, 0.29) is 5.41 Å². The van der Waals surface area contributed by atoms with Gasteiger partial charge < -0.3 is 0 Å². The van der Waals surface area contributed by atoms with Gasteiger partial charge in [0.15, 0.2) is 0 Å². The largest absolute Gasteiger partial charge is 0.299 e. The first-order chi connectivity index (χ1) is 9.29. The third kappa shape index (κ3) is 1.42. The predicted molar refractivity (Wildman–Crippen MR) is 83.4 cm³/mol. The molecule has 1 nitrogen and oxygen atoms in total. The van der Waals surface area contributed by atoms with E-state index >= 15 is 0 Å². The lowest BCUT2D eigenvalue weighted by Gasteiger charge is -2.39. The zero-order chi connectivity index (χ0) is 14.9. The SMILES string of the molecule is CCCC[C@@H]1C(=O)[C@H]2[C@@H]([C@H]1C)C1(C)CC2(C)C(C)=C1C. The molecular weight excluding hydrogens is 244 g/mol. The predicted octanol–water partition coefficient (Wildman–Crippen LogP) is 5.01. The maximum absolute atomic E-state index is 13.1. The minimum absolute atomic E-state index is 0.163. The number of unbranched alkanes of at least 4 members (excludes halogenated alkanes) is 1. The fraction of sp³-hybridized carbons (Fsp3) is 0.842. The lowest BCUT2D eigenvalue weighted by Crippen LogP contribution is -2.34. The molecule has 0 aromatic carbocycles. The van der Waals surface area contributed by atoms with Crippen LogP contribution in [0.4, 0.5) is 0 Å². The van der Waals surface area contributed by atoms with E-state index in [0.29, 0.717) is 34.9 Å². The van der Waals surface area contributed by atoms with Crippen molar-refractivity contribution in [1.29, 1.82) is 0 Å². The summed E-state index contributed by atoms with van der Waals surface area (Å²) >= 11 is 0. The van der Waals surface area contributed by atoms with Gasteiger partial charge in [0.25, 0.3) is 0 Å². The lowest BCUT2D eigenvalue weighted by atomic mass is 9.65. The highest BCUT2D eigenvalue weighted by atomic mass is 16.1. The van der Waals surface area contributed by atoms with Crippen LogP contribution in [0.5, 0.6) is 0 Å². The van der Waals surface area contributed by atoms with E-state index in [0.717, 1.165) is 6.42 Å². The first-order valence-corrected chi connectivity index (χ1v) is 8.51. The van der Waals surface area contributed by atoms with Gasteiger partial charge in [-0.15, -0.1) is 0 Å². The monoisotopic (exact) mass is 274 g/mol. The van der Waals surface area contributed by atoms with E-state index in [1.165, 1.54) is 24.8 Å². The molecule has 0 saturated heterocycles. The van der Waals surface area contributed by atoms with Gasteiger partial charge in [-0.05, 0) is 49.4 Å². The summed E-state index contributed by atoms with van der Waals surface area (Å²) < 4.78 is 0. The fourth-order valence-corrected chi connectivity index (χ4v) is 6.30. The summed E-state index contributed by atoms with van der Waals surface area (Å²) in [5.41, 5.74) is 3.57. The summed E-state index contributed by atoms with van der Waals surface area (Å²) in [6.45, 7) is 14.0. The highest BCUT2D eigenvalue weighted by Gasteiger charge is 2.70. The minimum Gasteiger partial charge on any atom is -0.299 e. The lowest BCUT2D eigenvalue weighted by molar-refractivity contribution is -0.126. The number of hydrogen-bond acceptors (Lipinski definition) is 1. The number of carbonyl (C=O) groups excluding carboxylic acids is 1. The summed E-state index contributed by atoms with van der Waals surface area (Å²) in [5, 5.41) is 0. The minimum atomic E-state index is 0.163. The van der Waals surface area contributed by atoms with Crippen LogP contribution in [0.15, 0.2) is 11.1 Å². The van der Waals surface area contributed by atoms with E-state index in [9.17, 15) is 4.79 Å². The van der Waals surface area contributed by atoms with Crippen LogP contribution in [-0.4, -0.2) is 5.78 Å². The second kappa shape index (κ2) is 4.21. The first-order valence-electron chi connectivity index (χ1n) is 8.51. The molecule has 20 heavy (non-hydrogen) atoms. The van der Waals surface area contributed by atoms with Gasteiger partial charge in [-0.2, -0.15) is 0 Å². The van der Waals surface area contributed by atoms with Crippen molar-refractivity contribution in [3.8, 4) is 0 Å². The second-order valence-corrected chi connectivity index (χ2v) is 8.28.